The Hall–Kier alpha value is -1.06. The zero-order chi connectivity index (χ0) is 13.2. The van der Waals surface area contributed by atoms with E-state index >= 15 is 0 Å². The van der Waals surface area contributed by atoms with E-state index in [0.29, 0.717) is 13.2 Å². The molecule has 0 heterocycles. The van der Waals surface area contributed by atoms with Gasteiger partial charge in [0, 0.05) is 5.56 Å². The highest BCUT2D eigenvalue weighted by atomic mass is 16.7. The topological polar surface area (TPSA) is 38.7 Å². The Morgan fingerprint density at radius 2 is 1.44 bits per heavy atom. The van der Waals surface area contributed by atoms with E-state index in [1.165, 1.54) is 0 Å². The summed E-state index contributed by atoms with van der Waals surface area (Å²) in [6.45, 7) is 5.68. The molecule has 0 amide bonds. The maximum atomic E-state index is 9.29. The van der Waals surface area contributed by atoms with Crippen molar-refractivity contribution < 1.29 is 14.6 Å². The summed E-state index contributed by atoms with van der Waals surface area (Å²) < 4.78 is 11.5. The number of hydrogen-bond acceptors (Lipinski definition) is 3. The molecule has 1 aromatic rings. The lowest BCUT2D eigenvalue weighted by Gasteiger charge is -2.19. The third kappa shape index (κ3) is 5.52. The molecule has 102 valence electrons. The Morgan fingerprint density at radius 1 is 0.944 bits per heavy atom. The van der Waals surface area contributed by atoms with Crippen LogP contribution in [0.3, 0.4) is 0 Å². The van der Waals surface area contributed by atoms with Crippen molar-refractivity contribution in [2.75, 3.05) is 13.2 Å². The molecular weight excluding hydrogens is 228 g/mol. The SMILES string of the molecule is CCCCOC(OCCCC)c1ccc(O)cc1. The fourth-order valence-electron chi connectivity index (χ4n) is 1.54. The molecule has 18 heavy (non-hydrogen) atoms. The van der Waals surface area contributed by atoms with Gasteiger partial charge in [-0.2, -0.15) is 0 Å². The van der Waals surface area contributed by atoms with Crippen LogP contribution < -0.4 is 0 Å². The van der Waals surface area contributed by atoms with Gasteiger partial charge in [-0.1, -0.05) is 38.8 Å². The monoisotopic (exact) mass is 252 g/mol. The second kappa shape index (κ2) is 8.95. The first-order valence-electron chi connectivity index (χ1n) is 6.80. The summed E-state index contributed by atoms with van der Waals surface area (Å²) in [4.78, 5) is 0. The summed E-state index contributed by atoms with van der Waals surface area (Å²) in [6, 6.07) is 7.01. The third-order valence-electron chi connectivity index (χ3n) is 2.70. The van der Waals surface area contributed by atoms with Gasteiger partial charge < -0.3 is 14.6 Å². The predicted molar refractivity (Wildman–Crippen MR) is 72.6 cm³/mol. The highest BCUT2D eigenvalue weighted by molar-refractivity contribution is 5.26. The van der Waals surface area contributed by atoms with Gasteiger partial charge in [-0.25, -0.2) is 0 Å². The van der Waals surface area contributed by atoms with E-state index in [-0.39, 0.29) is 12.0 Å². The fraction of sp³-hybridized carbons (Fsp3) is 0.600. The third-order valence-corrected chi connectivity index (χ3v) is 2.70. The van der Waals surface area contributed by atoms with E-state index in [1.807, 2.05) is 12.1 Å². The van der Waals surface area contributed by atoms with Crippen molar-refractivity contribution in [1.82, 2.24) is 0 Å². The van der Waals surface area contributed by atoms with Crippen molar-refractivity contribution in [3.63, 3.8) is 0 Å². The summed E-state index contributed by atoms with van der Waals surface area (Å²) in [5.74, 6) is 0.264. The number of phenols is 1. The minimum atomic E-state index is -0.316. The molecule has 0 atom stereocenters. The first kappa shape index (κ1) is 15.0. The van der Waals surface area contributed by atoms with Crippen molar-refractivity contribution >= 4 is 0 Å². The standard InChI is InChI=1S/C15H24O3/c1-3-5-11-17-15(18-12-6-4-2)13-7-9-14(16)10-8-13/h7-10,15-16H,3-6,11-12H2,1-2H3. The lowest BCUT2D eigenvalue weighted by molar-refractivity contribution is -0.148. The van der Waals surface area contributed by atoms with Crippen LogP contribution in [0.15, 0.2) is 24.3 Å². The van der Waals surface area contributed by atoms with Crippen LogP contribution in [-0.4, -0.2) is 18.3 Å². The molecule has 1 aromatic carbocycles. The van der Waals surface area contributed by atoms with E-state index < -0.39 is 0 Å². The first-order valence-corrected chi connectivity index (χ1v) is 6.80. The number of benzene rings is 1. The fourth-order valence-corrected chi connectivity index (χ4v) is 1.54. The number of hydrogen-bond donors (Lipinski definition) is 1. The maximum Gasteiger partial charge on any atom is 0.183 e. The zero-order valence-corrected chi connectivity index (χ0v) is 11.4. The molecule has 0 aliphatic heterocycles. The molecule has 3 heteroatoms. The van der Waals surface area contributed by atoms with Crippen molar-refractivity contribution in [1.29, 1.82) is 0 Å². The van der Waals surface area contributed by atoms with Crippen LogP contribution in [0.25, 0.3) is 0 Å². The lowest BCUT2D eigenvalue weighted by Crippen LogP contribution is -2.10. The Labute approximate surface area is 110 Å². The van der Waals surface area contributed by atoms with E-state index in [4.69, 9.17) is 9.47 Å². The van der Waals surface area contributed by atoms with Crippen LogP contribution >= 0.6 is 0 Å². The molecule has 0 aromatic heterocycles. The quantitative estimate of drug-likeness (QED) is 0.533. The molecule has 1 rings (SSSR count). The summed E-state index contributed by atoms with van der Waals surface area (Å²) >= 11 is 0. The van der Waals surface area contributed by atoms with Crippen molar-refractivity contribution in [2.45, 2.75) is 45.8 Å². The van der Waals surface area contributed by atoms with Crippen molar-refractivity contribution in [3.8, 4) is 5.75 Å². The molecule has 0 saturated carbocycles. The van der Waals surface area contributed by atoms with Gasteiger partial charge in [-0.15, -0.1) is 0 Å². The van der Waals surface area contributed by atoms with E-state index in [9.17, 15) is 5.11 Å². The van der Waals surface area contributed by atoms with Crippen LogP contribution in [0.2, 0.25) is 0 Å². The Bertz CT molecular complexity index is 298. The van der Waals surface area contributed by atoms with Crippen LogP contribution in [0, 0.1) is 0 Å². The normalized spacial score (nSPS) is 11.1. The van der Waals surface area contributed by atoms with Gasteiger partial charge in [0.2, 0.25) is 0 Å². The number of phenolic OH excluding ortho intramolecular Hbond substituents is 1. The maximum absolute atomic E-state index is 9.29. The van der Waals surface area contributed by atoms with Gasteiger partial charge in [0.1, 0.15) is 5.75 Å². The smallest absolute Gasteiger partial charge is 0.183 e. The van der Waals surface area contributed by atoms with Crippen LogP contribution in [0.1, 0.15) is 51.4 Å². The molecule has 0 spiro atoms. The van der Waals surface area contributed by atoms with E-state index in [1.54, 1.807) is 12.1 Å². The Balaban J connectivity index is 2.54. The molecule has 1 N–H and O–H groups in total. The molecule has 0 aliphatic rings. The first-order chi connectivity index (χ1) is 8.77. The average molecular weight is 252 g/mol. The molecule has 3 nitrogen and oxygen atoms in total. The van der Waals surface area contributed by atoms with Crippen LogP contribution in [0.5, 0.6) is 5.75 Å². The van der Waals surface area contributed by atoms with E-state index in [0.717, 1.165) is 31.2 Å². The summed E-state index contributed by atoms with van der Waals surface area (Å²) in [7, 11) is 0. The van der Waals surface area contributed by atoms with Gasteiger partial charge in [0.15, 0.2) is 6.29 Å². The molecule has 0 aliphatic carbocycles. The number of rotatable bonds is 9. The zero-order valence-electron chi connectivity index (χ0n) is 11.4. The van der Waals surface area contributed by atoms with Crippen LogP contribution in [-0.2, 0) is 9.47 Å². The lowest BCUT2D eigenvalue weighted by atomic mass is 10.2. The Morgan fingerprint density at radius 3 is 1.89 bits per heavy atom. The molecule has 0 bridgehead atoms. The molecule has 0 unspecified atom stereocenters. The van der Waals surface area contributed by atoms with Gasteiger partial charge in [0.25, 0.3) is 0 Å². The molecule has 0 radical (unpaired) electrons. The largest absolute Gasteiger partial charge is 0.508 e. The Kier molecular flexibility index (Phi) is 7.46. The van der Waals surface area contributed by atoms with Gasteiger partial charge in [-0.05, 0) is 25.0 Å². The minimum Gasteiger partial charge on any atom is -0.508 e. The second-order valence-electron chi connectivity index (χ2n) is 4.37. The van der Waals surface area contributed by atoms with Crippen LogP contribution in [0.4, 0.5) is 0 Å². The molecule has 0 saturated heterocycles. The minimum absolute atomic E-state index is 0.264. The highest BCUT2D eigenvalue weighted by Gasteiger charge is 2.12. The molecule has 0 fully saturated rings. The summed E-state index contributed by atoms with van der Waals surface area (Å²) in [5.41, 5.74) is 0.958. The van der Waals surface area contributed by atoms with Gasteiger partial charge in [0.05, 0.1) is 13.2 Å². The summed E-state index contributed by atoms with van der Waals surface area (Å²) in [5, 5.41) is 9.29. The highest BCUT2D eigenvalue weighted by Crippen LogP contribution is 2.22. The molecular formula is C15H24O3. The number of ether oxygens (including phenoxy) is 2. The average Bonchev–Trinajstić information content (AvgIpc) is 2.38. The van der Waals surface area contributed by atoms with E-state index in [2.05, 4.69) is 13.8 Å². The van der Waals surface area contributed by atoms with Crippen molar-refractivity contribution in [2.24, 2.45) is 0 Å². The summed E-state index contributed by atoms with van der Waals surface area (Å²) in [6.07, 6.45) is 3.97. The number of aromatic hydroxyl groups is 1. The van der Waals surface area contributed by atoms with Crippen molar-refractivity contribution in [3.05, 3.63) is 29.8 Å². The predicted octanol–water partition coefficient (Wildman–Crippen LogP) is 4.02. The number of unbranched alkanes of at least 4 members (excludes halogenated alkanes) is 2. The van der Waals surface area contributed by atoms with Gasteiger partial charge in [-0.3, -0.25) is 0 Å². The second-order valence-corrected chi connectivity index (χ2v) is 4.37. The van der Waals surface area contributed by atoms with Gasteiger partial charge >= 0.3 is 0 Å².